The third kappa shape index (κ3) is 29.0. The summed E-state index contributed by atoms with van der Waals surface area (Å²) in [5.74, 6) is -0.126. The van der Waals surface area contributed by atoms with E-state index in [9.17, 15) is 14.4 Å². The van der Waals surface area contributed by atoms with Gasteiger partial charge in [0.2, 0.25) is 0 Å². The number of aryl methyl sites for hydroxylation is 1. The fraction of sp³-hybridized carbons (Fsp3) is 0.860. The van der Waals surface area contributed by atoms with E-state index in [0.29, 0.717) is 30.3 Å². The maximum absolute atomic E-state index is 13.2. The Labute approximate surface area is 387 Å². The molecular weight excluding hydrogens is 941 g/mol. The zero-order valence-electron chi connectivity index (χ0n) is 39.2. The van der Waals surface area contributed by atoms with Gasteiger partial charge in [0.25, 0.3) is 5.91 Å². The minimum absolute atomic E-state index is 0. The quantitative estimate of drug-likeness (QED) is 0.0495. The van der Waals surface area contributed by atoms with Gasteiger partial charge >= 0.3 is 11.9 Å². The molecule has 1 heterocycles. The van der Waals surface area contributed by atoms with Crippen molar-refractivity contribution in [3.8, 4) is 0 Å². The van der Waals surface area contributed by atoms with E-state index in [2.05, 4.69) is 33.0 Å². The molecule has 0 aliphatic heterocycles. The number of esters is 2. The van der Waals surface area contributed by atoms with Crippen molar-refractivity contribution in [3.63, 3.8) is 0 Å². The minimum Gasteiger partial charge on any atom is -0.676 e. The van der Waals surface area contributed by atoms with Crippen molar-refractivity contribution >= 4 is 34.2 Å². The van der Waals surface area contributed by atoms with Crippen LogP contribution in [0.5, 0.6) is 0 Å². The molecule has 10 heteroatoms. The maximum Gasteiger partial charge on any atom is 0.308 e. The number of thiophene rings is 1. The molecule has 0 aliphatic rings. The number of unbranched alkanes of at least 4 members (excludes halogenated alkanes) is 21. The number of hydrogen-bond donors (Lipinski definition) is 2. The van der Waals surface area contributed by atoms with E-state index in [0.717, 1.165) is 115 Å². The van der Waals surface area contributed by atoms with Gasteiger partial charge < -0.3 is 26.3 Å². The summed E-state index contributed by atoms with van der Waals surface area (Å²) in [4.78, 5) is 40.5. The largest absolute Gasteiger partial charge is 0.676 e. The summed E-state index contributed by atoms with van der Waals surface area (Å²) >= 11 is 1.53. The van der Waals surface area contributed by atoms with Gasteiger partial charge in [0.05, 0.1) is 35.6 Å². The Balaban J connectivity index is 0.0000348. The van der Waals surface area contributed by atoms with Crippen molar-refractivity contribution < 1.29 is 44.3 Å². The van der Waals surface area contributed by atoms with E-state index in [1.807, 2.05) is 0 Å². The molecule has 2 unspecified atom stereocenters. The van der Waals surface area contributed by atoms with Crippen molar-refractivity contribution in [1.82, 2.24) is 5.32 Å². The third-order valence-electron chi connectivity index (χ3n) is 11.9. The van der Waals surface area contributed by atoms with Crippen LogP contribution in [0, 0.1) is 11.8 Å². The summed E-state index contributed by atoms with van der Waals surface area (Å²) in [7, 11) is 0. The summed E-state index contributed by atoms with van der Waals surface area (Å²) < 4.78 is 11.7. The van der Waals surface area contributed by atoms with Crippen LogP contribution in [0.2, 0.25) is 0 Å². The first kappa shape index (κ1) is 58.5. The fourth-order valence-electron chi connectivity index (χ4n) is 8.15. The van der Waals surface area contributed by atoms with Crippen LogP contribution < -0.4 is 11.1 Å². The molecule has 1 aromatic rings. The standard InChI is InChI=1S/C50H92N3O5S.Re/c1-5-9-13-17-19-26-34-42(32-24-15-11-7-3)49(55)57-40-30-22-21-29-37-45-44(46(47(52)59-45)48(54)53-39-38-51)36-28-23-31-41-58-50(56)43(33-25-16-12-8-4)35-27-20-18-14-10-6-2;/h42-43,51H,5-41,52H2,1-4H3,(H,53,54);/q-1;. The molecule has 4 N–H and O–H groups in total. The third-order valence-corrected chi connectivity index (χ3v) is 13.0. The second-order valence-electron chi connectivity index (χ2n) is 17.3. The number of carbonyl (C=O) groups is 3. The van der Waals surface area contributed by atoms with Crippen LogP contribution >= 0.6 is 11.3 Å². The monoisotopic (exact) mass is 1030 g/mol. The number of nitrogens with one attached hydrogen (secondary N) is 2. The van der Waals surface area contributed by atoms with Crippen LogP contribution in [0.15, 0.2) is 0 Å². The van der Waals surface area contributed by atoms with Gasteiger partial charge in [-0.1, -0.05) is 169 Å². The van der Waals surface area contributed by atoms with E-state index in [1.54, 1.807) is 0 Å². The number of anilines is 1. The fourth-order valence-corrected chi connectivity index (χ4v) is 9.31. The average Bonchev–Trinajstić information content (AvgIpc) is 3.55. The molecule has 0 saturated heterocycles. The summed E-state index contributed by atoms with van der Waals surface area (Å²) in [6, 6.07) is 0. The second-order valence-corrected chi connectivity index (χ2v) is 18.4. The van der Waals surface area contributed by atoms with Gasteiger partial charge in [-0.25, -0.2) is 0 Å². The average molecular weight is 1030 g/mol. The number of nitrogen functional groups attached to an aromatic ring is 1. The number of amides is 1. The molecule has 8 nitrogen and oxygen atoms in total. The van der Waals surface area contributed by atoms with Crippen molar-refractivity contribution in [3.05, 3.63) is 21.7 Å². The van der Waals surface area contributed by atoms with Crippen LogP contribution in [-0.4, -0.2) is 44.1 Å². The molecule has 1 aromatic heterocycles. The number of nitrogens with two attached hydrogens (primary N) is 1. The molecule has 0 aromatic carbocycles. The van der Waals surface area contributed by atoms with Gasteiger partial charge in [0.1, 0.15) is 0 Å². The maximum atomic E-state index is 13.2. The van der Waals surface area contributed by atoms with Gasteiger partial charge in [-0.05, 0) is 82.7 Å². The van der Waals surface area contributed by atoms with Crippen LogP contribution in [-0.2, 0) is 52.3 Å². The van der Waals surface area contributed by atoms with Crippen LogP contribution in [0.4, 0.5) is 5.00 Å². The molecule has 60 heavy (non-hydrogen) atoms. The van der Waals surface area contributed by atoms with Crippen LogP contribution in [0.3, 0.4) is 0 Å². The molecular formula is C50H92N3O5ReS-. The van der Waals surface area contributed by atoms with Crippen molar-refractivity contribution in [1.29, 1.82) is 0 Å². The first-order valence-electron chi connectivity index (χ1n) is 25.0. The Hall–Kier alpha value is -1.47. The number of hydrogen-bond acceptors (Lipinski definition) is 7. The smallest absolute Gasteiger partial charge is 0.308 e. The van der Waals surface area contributed by atoms with Gasteiger partial charge in [-0.15, -0.1) is 17.9 Å². The second kappa shape index (κ2) is 41.5. The molecule has 1 amide bonds. The number of carbonyl (C=O) groups excluding carboxylic acids is 3. The van der Waals surface area contributed by atoms with Crippen molar-refractivity contribution in [2.24, 2.45) is 11.8 Å². The zero-order valence-corrected chi connectivity index (χ0v) is 42.8. The molecule has 0 fully saturated rings. The molecule has 1 rings (SSSR count). The predicted octanol–water partition coefficient (Wildman–Crippen LogP) is 14.7. The molecule has 2 atom stereocenters. The van der Waals surface area contributed by atoms with Crippen LogP contribution in [0.25, 0.3) is 5.73 Å². The van der Waals surface area contributed by atoms with E-state index in [4.69, 9.17) is 20.9 Å². The van der Waals surface area contributed by atoms with Crippen molar-refractivity contribution in [2.45, 2.75) is 240 Å². The van der Waals surface area contributed by atoms with Crippen LogP contribution in [0.1, 0.15) is 248 Å². The Morgan fingerprint density at radius 3 is 1.37 bits per heavy atom. The zero-order chi connectivity index (χ0) is 43.2. The summed E-state index contributed by atoms with van der Waals surface area (Å²) in [5, 5.41) is 3.43. The van der Waals surface area contributed by atoms with Gasteiger partial charge in [-0.2, -0.15) is 0 Å². The van der Waals surface area contributed by atoms with Gasteiger partial charge in [0.15, 0.2) is 0 Å². The Morgan fingerprint density at radius 2 is 0.917 bits per heavy atom. The number of ether oxygens (including phenoxy) is 2. The van der Waals surface area contributed by atoms with E-state index >= 15 is 0 Å². The molecule has 351 valence electrons. The van der Waals surface area contributed by atoms with Gasteiger partial charge in [0, 0.05) is 25.3 Å². The normalized spacial score (nSPS) is 12.2. The Kier molecular flexibility index (Phi) is 40.5. The van der Waals surface area contributed by atoms with E-state index in [1.165, 1.54) is 119 Å². The number of rotatable bonds is 42. The van der Waals surface area contributed by atoms with Gasteiger partial charge in [-0.3, -0.25) is 14.4 Å². The first-order valence-corrected chi connectivity index (χ1v) is 25.8. The molecule has 0 saturated carbocycles. The van der Waals surface area contributed by atoms with E-state index in [-0.39, 0.29) is 56.6 Å². The predicted molar refractivity (Wildman–Crippen MR) is 252 cm³/mol. The minimum atomic E-state index is -0.182. The van der Waals surface area contributed by atoms with Crippen molar-refractivity contribution in [2.75, 3.05) is 32.0 Å². The summed E-state index contributed by atoms with van der Waals surface area (Å²) in [5.41, 5.74) is 15.6. The topological polar surface area (TPSA) is 132 Å². The molecule has 0 spiro atoms. The summed E-state index contributed by atoms with van der Waals surface area (Å²) in [6.45, 7) is 10.3. The molecule has 0 aliphatic carbocycles. The Morgan fingerprint density at radius 1 is 0.550 bits per heavy atom. The molecule has 0 bridgehead atoms. The SMILES string of the molecule is CCCCCCCCC(CCCCCC)C(=O)OCCCCCCc1sc(N)c(C(=O)NCC[NH-])c1CCCCCOC(=O)C(CCCCCC)CCCCCCCC.[Re]. The molecule has 1 radical (unpaired) electrons. The first-order chi connectivity index (χ1) is 28.8. The van der Waals surface area contributed by atoms with E-state index < -0.39 is 0 Å². The summed E-state index contributed by atoms with van der Waals surface area (Å²) in [6.07, 6.45) is 36.2. The Bertz CT molecular complexity index is 1180.